The van der Waals surface area contributed by atoms with Gasteiger partial charge in [0, 0.05) is 13.1 Å². The Balaban J connectivity index is 1.67. The maximum Gasteiger partial charge on any atom is 0.237 e. The molecule has 1 aliphatic rings. The van der Waals surface area contributed by atoms with E-state index in [4.69, 9.17) is 4.74 Å². The molecule has 0 bridgehead atoms. The van der Waals surface area contributed by atoms with Gasteiger partial charge in [-0.15, -0.1) is 0 Å². The number of methoxy groups -OCH3 is 1. The molecule has 110 valence electrons. The van der Waals surface area contributed by atoms with Crippen molar-refractivity contribution in [1.29, 1.82) is 0 Å². The van der Waals surface area contributed by atoms with Gasteiger partial charge in [-0.3, -0.25) is 4.79 Å². The smallest absolute Gasteiger partial charge is 0.237 e. The lowest BCUT2D eigenvalue weighted by Gasteiger charge is -2.11. The van der Waals surface area contributed by atoms with Crippen LogP contribution in [0.15, 0.2) is 24.3 Å². The standard InChI is InChI=1S/C15H22N2O3/c1-20-13-6-2-4-11(8-13)5-3-7-16-15(19)14-9-12(18)10-17-14/h2,4,6,8,12,14,17-18H,3,5,7,9-10H2,1H3,(H,16,19). The van der Waals surface area contributed by atoms with Crippen molar-refractivity contribution in [3.8, 4) is 5.75 Å². The zero-order chi connectivity index (χ0) is 14.4. The molecule has 1 amide bonds. The van der Waals surface area contributed by atoms with E-state index in [0.717, 1.165) is 18.6 Å². The lowest BCUT2D eigenvalue weighted by atomic mass is 10.1. The van der Waals surface area contributed by atoms with E-state index in [0.29, 0.717) is 19.5 Å². The molecule has 20 heavy (non-hydrogen) atoms. The molecule has 0 saturated carbocycles. The van der Waals surface area contributed by atoms with Crippen LogP contribution in [0, 0.1) is 0 Å². The summed E-state index contributed by atoms with van der Waals surface area (Å²) >= 11 is 0. The molecule has 2 rings (SSSR count). The highest BCUT2D eigenvalue weighted by Gasteiger charge is 2.27. The van der Waals surface area contributed by atoms with Crippen molar-refractivity contribution in [2.45, 2.75) is 31.4 Å². The number of β-amino-alcohol motifs (C(OH)–C–C–N with tert-alkyl or cyclic N) is 1. The number of aliphatic hydroxyl groups excluding tert-OH is 1. The molecule has 5 nitrogen and oxygen atoms in total. The van der Waals surface area contributed by atoms with Gasteiger partial charge >= 0.3 is 0 Å². The second-order valence-electron chi connectivity index (χ2n) is 5.10. The second-order valence-corrected chi connectivity index (χ2v) is 5.10. The molecule has 0 aliphatic carbocycles. The van der Waals surface area contributed by atoms with Crippen LogP contribution >= 0.6 is 0 Å². The largest absolute Gasteiger partial charge is 0.497 e. The summed E-state index contributed by atoms with van der Waals surface area (Å²) in [5.41, 5.74) is 1.20. The summed E-state index contributed by atoms with van der Waals surface area (Å²) in [6.07, 6.45) is 1.89. The fourth-order valence-electron chi connectivity index (χ4n) is 2.37. The third kappa shape index (κ3) is 4.21. The van der Waals surface area contributed by atoms with Crippen LogP contribution in [-0.4, -0.2) is 43.4 Å². The number of carbonyl (C=O) groups excluding carboxylic acids is 1. The van der Waals surface area contributed by atoms with Crippen LogP contribution in [-0.2, 0) is 11.2 Å². The van der Waals surface area contributed by atoms with Crippen molar-refractivity contribution in [2.75, 3.05) is 20.2 Å². The number of hydrogen-bond donors (Lipinski definition) is 3. The van der Waals surface area contributed by atoms with Crippen molar-refractivity contribution in [3.05, 3.63) is 29.8 Å². The monoisotopic (exact) mass is 278 g/mol. The number of aliphatic hydroxyl groups is 1. The highest BCUT2D eigenvalue weighted by atomic mass is 16.5. The van der Waals surface area contributed by atoms with Crippen molar-refractivity contribution in [2.24, 2.45) is 0 Å². The van der Waals surface area contributed by atoms with Gasteiger partial charge < -0.3 is 20.5 Å². The lowest BCUT2D eigenvalue weighted by Crippen LogP contribution is -2.40. The highest BCUT2D eigenvalue weighted by Crippen LogP contribution is 2.13. The minimum absolute atomic E-state index is 0.0211. The SMILES string of the molecule is COc1cccc(CCCNC(=O)C2CC(O)CN2)c1. The first-order valence-electron chi connectivity index (χ1n) is 7.01. The van der Waals surface area contributed by atoms with E-state index in [9.17, 15) is 9.90 Å². The van der Waals surface area contributed by atoms with Gasteiger partial charge in [-0.05, 0) is 37.0 Å². The molecule has 3 N–H and O–H groups in total. The molecule has 1 aliphatic heterocycles. The number of hydrogen-bond acceptors (Lipinski definition) is 4. The first-order chi connectivity index (χ1) is 9.69. The van der Waals surface area contributed by atoms with Gasteiger partial charge in [0.15, 0.2) is 0 Å². The Morgan fingerprint density at radius 1 is 1.55 bits per heavy atom. The maximum absolute atomic E-state index is 11.8. The van der Waals surface area contributed by atoms with Crippen LogP contribution in [0.3, 0.4) is 0 Å². The van der Waals surface area contributed by atoms with Crippen LogP contribution in [0.4, 0.5) is 0 Å². The van der Waals surface area contributed by atoms with Crippen molar-refractivity contribution >= 4 is 5.91 Å². The normalized spacial score (nSPS) is 21.7. The molecule has 1 aromatic rings. The second kappa shape index (κ2) is 7.26. The first kappa shape index (κ1) is 14.8. The molecule has 1 heterocycles. The van der Waals surface area contributed by atoms with E-state index >= 15 is 0 Å². The summed E-state index contributed by atoms with van der Waals surface area (Å²) in [6.45, 7) is 1.15. The Kier molecular flexibility index (Phi) is 5.38. The number of rotatable bonds is 6. The number of carbonyl (C=O) groups is 1. The molecule has 0 spiro atoms. The first-order valence-corrected chi connectivity index (χ1v) is 7.01. The Labute approximate surface area is 119 Å². The summed E-state index contributed by atoms with van der Waals surface area (Å²) in [5.74, 6) is 0.836. The quantitative estimate of drug-likeness (QED) is 0.662. The molecule has 1 aromatic carbocycles. The number of benzene rings is 1. The summed E-state index contributed by atoms with van der Waals surface area (Å²) in [6, 6.07) is 7.70. The summed E-state index contributed by atoms with van der Waals surface area (Å²) in [4.78, 5) is 11.8. The highest BCUT2D eigenvalue weighted by molar-refractivity contribution is 5.82. The van der Waals surface area contributed by atoms with Crippen LogP contribution in [0.1, 0.15) is 18.4 Å². The Morgan fingerprint density at radius 2 is 2.40 bits per heavy atom. The molecule has 2 unspecified atom stereocenters. The molecule has 0 aromatic heterocycles. The molecular weight excluding hydrogens is 256 g/mol. The van der Waals surface area contributed by atoms with E-state index < -0.39 is 6.10 Å². The fraction of sp³-hybridized carbons (Fsp3) is 0.533. The van der Waals surface area contributed by atoms with Crippen LogP contribution in [0.25, 0.3) is 0 Å². The maximum atomic E-state index is 11.8. The van der Waals surface area contributed by atoms with Crippen molar-refractivity contribution < 1.29 is 14.6 Å². The van der Waals surface area contributed by atoms with E-state index in [1.54, 1.807) is 7.11 Å². The topological polar surface area (TPSA) is 70.6 Å². The molecule has 1 saturated heterocycles. The van der Waals surface area contributed by atoms with Crippen LogP contribution in [0.2, 0.25) is 0 Å². The average molecular weight is 278 g/mol. The number of nitrogens with one attached hydrogen (secondary N) is 2. The molecule has 0 radical (unpaired) electrons. The number of ether oxygens (including phenoxy) is 1. The minimum Gasteiger partial charge on any atom is -0.497 e. The number of aryl methyl sites for hydroxylation is 1. The molecule has 2 atom stereocenters. The van der Waals surface area contributed by atoms with E-state index in [-0.39, 0.29) is 11.9 Å². The Hall–Kier alpha value is -1.59. The summed E-state index contributed by atoms with van der Waals surface area (Å²) in [5, 5.41) is 15.3. The molecular formula is C15H22N2O3. The van der Waals surface area contributed by atoms with Crippen molar-refractivity contribution in [1.82, 2.24) is 10.6 Å². The van der Waals surface area contributed by atoms with Crippen LogP contribution < -0.4 is 15.4 Å². The average Bonchev–Trinajstić information content (AvgIpc) is 2.90. The zero-order valence-electron chi connectivity index (χ0n) is 11.8. The fourth-order valence-corrected chi connectivity index (χ4v) is 2.37. The van der Waals surface area contributed by atoms with Crippen LogP contribution in [0.5, 0.6) is 5.75 Å². The molecule has 1 fully saturated rings. The predicted molar refractivity (Wildman–Crippen MR) is 76.7 cm³/mol. The Morgan fingerprint density at radius 3 is 3.10 bits per heavy atom. The van der Waals surface area contributed by atoms with Gasteiger partial charge in [0.05, 0.1) is 19.3 Å². The lowest BCUT2D eigenvalue weighted by molar-refractivity contribution is -0.122. The van der Waals surface area contributed by atoms with Gasteiger partial charge in [-0.1, -0.05) is 12.1 Å². The van der Waals surface area contributed by atoms with E-state index in [1.165, 1.54) is 5.56 Å². The third-order valence-electron chi connectivity index (χ3n) is 3.50. The van der Waals surface area contributed by atoms with E-state index in [1.807, 2.05) is 18.2 Å². The van der Waals surface area contributed by atoms with Crippen molar-refractivity contribution in [3.63, 3.8) is 0 Å². The Bertz CT molecular complexity index is 450. The van der Waals surface area contributed by atoms with Gasteiger partial charge in [-0.25, -0.2) is 0 Å². The van der Waals surface area contributed by atoms with Gasteiger partial charge in [0.25, 0.3) is 0 Å². The van der Waals surface area contributed by atoms with Gasteiger partial charge in [-0.2, -0.15) is 0 Å². The predicted octanol–water partition coefficient (Wildman–Crippen LogP) is 0.467. The number of amides is 1. The molecule has 5 heteroatoms. The summed E-state index contributed by atoms with van der Waals surface area (Å²) < 4.78 is 5.18. The van der Waals surface area contributed by atoms with Gasteiger partial charge in [0.2, 0.25) is 5.91 Å². The van der Waals surface area contributed by atoms with Gasteiger partial charge in [0.1, 0.15) is 5.75 Å². The van der Waals surface area contributed by atoms with E-state index in [2.05, 4.69) is 16.7 Å². The third-order valence-corrected chi connectivity index (χ3v) is 3.50. The summed E-state index contributed by atoms with van der Waals surface area (Å²) in [7, 11) is 1.66. The zero-order valence-corrected chi connectivity index (χ0v) is 11.8. The minimum atomic E-state index is -0.400.